The predicted molar refractivity (Wildman–Crippen MR) is 108 cm³/mol. The molecule has 1 fully saturated rings. The maximum absolute atomic E-state index is 13.0. The quantitative estimate of drug-likeness (QED) is 0.557. The Bertz CT molecular complexity index is 764. The van der Waals surface area contributed by atoms with Crippen molar-refractivity contribution in [3.8, 4) is 0 Å². The van der Waals surface area contributed by atoms with Gasteiger partial charge in [-0.15, -0.1) is 0 Å². The number of para-hydroxylation sites is 1. The average Bonchev–Trinajstić information content (AvgIpc) is 3.15. The highest BCUT2D eigenvalue weighted by atomic mass is 16.2. The monoisotopic (exact) mass is 365 g/mol. The molecule has 2 N–H and O–H groups in total. The minimum Gasteiger partial charge on any atom is -0.352 e. The van der Waals surface area contributed by atoms with Crippen LogP contribution in [-0.2, 0) is 16.1 Å². The average molecular weight is 365 g/mol. The van der Waals surface area contributed by atoms with Crippen LogP contribution in [0.5, 0.6) is 0 Å². The largest absolute Gasteiger partial charge is 0.352 e. The Kier molecular flexibility index (Phi) is 6.24. The van der Waals surface area contributed by atoms with Crippen molar-refractivity contribution in [1.82, 2.24) is 10.6 Å². The maximum Gasteiger partial charge on any atom is 0.253 e. The lowest BCUT2D eigenvalue weighted by Gasteiger charge is -2.36. The molecule has 0 unspecified atom stereocenters. The first-order valence-electron chi connectivity index (χ1n) is 9.51. The lowest BCUT2D eigenvalue weighted by atomic mass is 9.89. The molecule has 5 nitrogen and oxygen atoms in total. The standard InChI is InChI=1S/C22H27N3O2/c1-18(26)22(13-8-16-25(22)20-11-6-3-7-12-20)21(27)24-15-14-23-17-19-9-4-2-5-10-19/h2-7,9-12,23H,8,13-17H2,1H3,(H,24,27)/t22-/m1/s1. The number of hydrogen-bond donors (Lipinski definition) is 2. The minimum absolute atomic E-state index is 0.0985. The highest BCUT2D eigenvalue weighted by Gasteiger charge is 2.51. The summed E-state index contributed by atoms with van der Waals surface area (Å²) in [6.45, 7) is 4.13. The molecule has 0 aliphatic carbocycles. The third kappa shape index (κ3) is 4.19. The van der Waals surface area contributed by atoms with Crippen molar-refractivity contribution in [2.75, 3.05) is 24.5 Å². The zero-order chi connectivity index (χ0) is 19.1. The van der Waals surface area contributed by atoms with Gasteiger partial charge in [-0.1, -0.05) is 48.5 Å². The fraction of sp³-hybridized carbons (Fsp3) is 0.364. The Hall–Kier alpha value is -2.66. The van der Waals surface area contributed by atoms with E-state index in [1.54, 1.807) is 0 Å². The first-order chi connectivity index (χ1) is 13.1. The fourth-order valence-electron chi connectivity index (χ4n) is 3.78. The Morgan fingerprint density at radius 1 is 1.00 bits per heavy atom. The number of benzene rings is 2. The van der Waals surface area contributed by atoms with Crippen molar-refractivity contribution in [2.45, 2.75) is 31.8 Å². The summed E-state index contributed by atoms with van der Waals surface area (Å²) < 4.78 is 0. The molecule has 142 valence electrons. The molecule has 0 bridgehead atoms. The molecule has 0 radical (unpaired) electrons. The summed E-state index contributed by atoms with van der Waals surface area (Å²) in [5.74, 6) is -0.295. The summed E-state index contributed by atoms with van der Waals surface area (Å²) in [7, 11) is 0. The molecule has 1 aliphatic rings. The van der Waals surface area contributed by atoms with E-state index < -0.39 is 5.54 Å². The molecule has 0 spiro atoms. The smallest absolute Gasteiger partial charge is 0.253 e. The van der Waals surface area contributed by atoms with Gasteiger partial charge in [-0.05, 0) is 37.5 Å². The van der Waals surface area contributed by atoms with E-state index in [9.17, 15) is 9.59 Å². The fourth-order valence-corrected chi connectivity index (χ4v) is 3.78. The summed E-state index contributed by atoms with van der Waals surface area (Å²) in [5, 5.41) is 6.29. The molecule has 0 aromatic heterocycles. The lowest BCUT2D eigenvalue weighted by Crippen LogP contribution is -2.60. The highest BCUT2D eigenvalue weighted by molar-refractivity contribution is 6.13. The molecular formula is C22H27N3O2. The molecule has 5 heteroatoms. The number of Topliss-reactive ketones (excluding diaryl/α,β-unsaturated/α-hetero) is 1. The van der Waals surface area contributed by atoms with Crippen LogP contribution >= 0.6 is 0 Å². The highest BCUT2D eigenvalue weighted by Crippen LogP contribution is 2.35. The molecule has 1 heterocycles. The van der Waals surface area contributed by atoms with Gasteiger partial charge in [0.25, 0.3) is 5.91 Å². The van der Waals surface area contributed by atoms with Crippen molar-refractivity contribution < 1.29 is 9.59 Å². The van der Waals surface area contributed by atoms with Gasteiger partial charge in [0.2, 0.25) is 0 Å². The van der Waals surface area contributed by atoms with Crippen molar-refractivity contribution in [1.29, 1.82) is 0 Å². The van der Waals surface area contributed by atoms with Crippen LogP contribution in [0.15, 0.2) is 60.7 Å². The summed E-state index contributed by atoms with van der Waals surface area (Å²) in [5.41, 5.74) is 1.03. The zero-order valence-electron chi connectivity index (χ0n) is 15.8. The van der Waals surface area contributed by atoms with Gasteiger partial charge in [-0.25, -0.2) is 0 Å². The number of amides is 1. The first kappa shape index (κ1) is 19.1. The molecule has 1 saturated heterocycles. The van der Waals surface area contributed by atoms with Crippen molar-refractivity contribution >= 4 is 17.4 Å². The first-order valence-corrected chi connectivity index (χ1v) is 9.51. The van der Waals surface area contributed by atoms with Gasteiger partial charge in [0, 0.05) is 31.9 Å². The second-order valence-corrected chi connectivity index (χ2v) is 6.93. The van der Waals surface area contributed by atoms with E-state index in [2.05, 4.69) is 22.8 Å². The number of nitrogens with one attached hydrogen (secondary N) is 2. The minimum atomic E-state index is -1.10. The second kappa shape index (κ2) is 8.82. The van der Waals surface area contributed by atoms with Crippen molar-refractivity contribution in [3.05, 3.63) is 66.2 Å². The molecular weight excluding hydrogens is 338 g/mol. The van der Waals surface area contributed by atoms with E-state index in [-0.39, 0.29) is 11.7 Å². The van der Waals surface area contributed by atoms with Crippen molar-refractivity contribution in [2.24, 2.45) is 0 Å². The molecule has 1 amide bonds. The second-order valence-electron chi connectivity index (χ2n) is 6.93. The van der Waals surface area contributed by atoms with Crippen LogP contribution in [0.25, 0.3) is 0 Å². The summed E-state index contributed by atoms with van der Waals surface area (Å²) in [4.78, 5) is 27.5. The Balaban J connectivity index is 1.59. The maximum atomic E-state index is 13.0. The summed E-state index contributed by atoms with van der Waals surface area (Å²) in [6.07, 6.45) is 1.38. The van der Waals surface area contributed by atoms with Gasteiger partial charge in [0.05, 0.1) is 0 Å². The number of carbonyl (C=O) groups is 2. The Morgan fingerprint density at radius 2 is 1.67 bits per heavy atom. The Morgan fingerprint density at radius 3 is 2.33 bits per heavy atom. The van der Waals surface area contributed by atoms with E-state index in [0.29, 0.717) is 26.1 Å². The molecule has 2 aromatic rings. The van der Waals surface area contributed by atoms with Crippen LogP contribution in [0.1, 0.15) is 25.3 Å². The zero-order valence-corrected chi connectivity index (χ0v) is 15.8. The van der Waals surface area contributed by atoms with Crippen LogP contribution in [0.3, 0.4) is 0 Å². The molecule has 1 aliphatic heterocycles. The number of anilines is 1. The van der Waals surface area contributed by atoms with E-state index in [1.165, 1.54) is 12.5 Å². The van der Waals surface area contributed by atoms with Crippen LogP contribution in [0.2, 0.25) is 0 Å². The normalized spacial score (nSPS) is 19.1. The predicted octanol–water partition coefficient (Wildman–Crippen LogP) is 2.52. The lowest BCUT2D eigenvalue weighted by molar-refractivity contribution is -0.134. The van der Waals surface area contributed by atoms with Gasteiger partial charge >= 0.3 is 0 Å². The van der Waals surface area contributed by atoms with Gasteiger partial charge in [0.1, 0.15) is 0 Å². The van der Waals surface area contributed by atoms with Crippen LogP contribution in [0, 0.1) is 0 Å². The molecule has 27 heavy (non-hydrogen) atoms. The van der Waals surface area contributed by atoms with Gasteiger partial charge in [-0.3, -0.25) is 9.59 Å². The molecule has 1 atom stereocenters. The number of nitrogens with zero attached hydrogens (tertiary/aromatic N) is 1. The third-order valence-corrected chi connectivity index (χ3v) is 5.17. The van der Waals surface area contributed by atoms with Crippen LogP contribution in [0.4, 0.5) is 5.69 Å². The topological polar surface area (TPSA) is 61.4 Å². The number of rotatable bonds is 8. The number of hydrogen-bond acceptors (Lipinski definition) is 4. The molecule has 2 aromatic carbocycles. The van der Waals surface area contributed by atoms with E-state index in [4.69, 9.17) is 0 Å². The Labute approximate surface area is 160 Å². The van der Waals surface area contributed by atoms with E-state index in [0.717, 1.165) is 18.7 Å². The SMILES string of the molecule is CC(=O)[C@@]1(C(=O)NCCNCc2ccccc2)CCCN1c1ccccc1. The number of carbonyl (C=O) groups excluding carboxylic acids is 2. The number of ketones is 1. The van der Waals surface area contributed by atoms with Gasteiger partial charge in [0.15, 0.2) is 11.3 Å². The van der Waals surface area contributed by atoms with Gasteiger partial charge < -0.3 is 15.5 Å². The van der Waals surface area contributed by atoms with E-state index >= 15 is 0 Å². The molecule has 3 rings (SSSR count). The third-order valence-electron chi connectivity index (χ3n) is 5.17. The molecule has 0 saturated carbocycles. The van der Waals surface area contributed by atoms with Crippen molar-refractivity contribution in [3.63, 3.8) is 0 Å². The summed E-state index contributed by atoms with van der Waals surface area (Å²) >= 11 is 0. The van der Waals surface area contributed by atoms with Crippen LogP contribution in [-0.4, -0.2) is 36.9 Å². The van der Waals surface area contributed by atoms with E-state index in [1.807, 2.05) is 53.4 Å². The van der Waals surface area contributed by atoms with Crippen LogP contribution < -0.4 is 15.5 Å². The summed E-state index contributed by atoms with van der Waals surface area (Å²) in [6, 6.07) is 19.8. The van der Waals surface area contributed by atoms with Gasteiger partial charge in [-0.2, -0.15) is 0 Å².